The summed E-state index contributed by atoms with van der Waals surface area (Å²) in [5.74, 6) is -0.0142. The van der Waals surface area contributed by atoms with Gasteiger partial charge in [0.2, 0.25) is 0 Å². The quantitative estimate of drug-likeness (QED) is 0.735. The third kappa shape index (κ3) is 2.82. The zero-order valence-corrected chi connectivity index (χ0v) is 12.3. The summed E-state index contributed by atoms with van der Waals surface area (Å²) < 4.78 is 0.763. The molecule has 92 valence electrons. The first-order chi connectivity index (χ1) is 8.61. The third-order valence-corrected chi connectivity index (χ3v) is 3.70. The lowest BCUT2D eigenvalue weighted by Crippen LogP contribution is -2.03. The van der Waals surface area contributed by atoms with Gasteiger partial charge in [-0.05, 0) is 36.2 Å². The van der Waals surface area contributed by atoms with Gasteiger partial charge in [0, 0.05) is 20.6 Å². The topological polar surface area (TPSA) is 17.1 Å². The summed E-state index contributed by atoms with van der Waals surface area (Å²) in [6, 6.07) is 12.9. The molecule has 0 spiro atoms. The van der Waals surface area contributed by atoms with Crippen molar-refractivity contribution < 1.29 is 4.79 Å². The number of ketones is 1. The van der Waals surface area contributed by atoms with Gasteiger partial charge in [-0.3, -0.25) is 4.79 Å². The second kappa shape index (κ2) is 5.68. The molecule has 0 aromatic heterocycles. The van der Waals surface area contributed by atoms with Gasteiger partial charge in [-0.2, -0.15) is 0 Å². The zero-order chi connectivity index (χ0) is 13.1. The molecule has 0 aliphatic carbocycles. The van der Waals surface area contributed by atoms with Gasteiger partial charge in [0.05, 0.1) is 0 Å². The van der Waals surface area contributed by atoms with E-state index in [2.05, 4.69) is 22.9 Å². The van der Waals surface area contributed by atoms with E-state index in [4.69, 9.17) is 11.6 Å². The maximum absolute atomic E-state index is 12.4. The highest BCUT2D eigenvalue weighted by molar-refractivity contribution is 9.10. The summed E-state index contributed by atoms with van der Waals surface area (Å²) in [5.41, 5.74) is 2.44. The molecule has 0 fully saturated rings. The average molecular weight is 324 g/mol. The molecule has 2 aromatic carbocycles. The molecule has 0 heterocycles. The Hall–Kier alpha value is -1.12. The highest BCUT2D eigenvalue weighted by Crippen LogP contribution is 2.24. The van der Waals surface area contributed by atoms with Gasteiger partial charge < -0.3 is 0 Å². The van der Waals surface area contributed by atoms with Gasteiger partial charge in [-0.25, -0.2) is 0 Å². The van der Waals surface area contributed by atoms with Crippen LogP contribution in [0.4, 0.5) is 0 Å². The minimum Gasteiger partial charge on any atom is -0.289 e. The number of hydrogen-bond donors (Lipinski definition) is 0. The minimum absolute atomic E-state index is 0.0142. The second-order valence-electron chi connectivity index (χ2n) is 4.01. The number of carbonyl (C=O) groups is 1. The summed E-state index contributed by atoms with van der Waals surface area (Å²) in [6.45, 7) is 2.07. The first-order valence-corrected chi connectivity index (χ1v) is 6.87. The molecule has 0 unspecified atom stereocenters. The maximum atomic E-state index is 12.4. The number of carbonyl (C=O) groups excluding carboxylic acids is 1. The van der Waals surface area contributed by atoms with E-state index < -0.39 is 0 Å². The Bertz CT molecular complexity index is 593. The first kappa shape index (κ1) is 13.3. The van der Waals surface area contributed by atoms with E-state index in [9.17, 15) is 4.79 Å². The Labute approximate surface area is 120 Å². The van der Waals surface area contributed by atoms with Crippen molar-refractivity contribution in [2.45, 2.75) is 13.3 Å². The van der Waals surface area contributed by atoms with Crippen molar-refractivity contribution in [3.05, 3.63) is 68.7 Å². The van der Waals surface area contributed by atoms with Gasteiger partial charge in [0.1, 0.15) is 0 Å². The van der Waals surface area contributed by atoms with E-state index in [1.165, 1.54) is 0 Å². The van der Waals surface area contributed by atoms with Gasteiger partial charge >= 0.3 is 0 Å². The number of aryl methyl sites for hydroxylation is 1. The normalized spacial score (nSPS) is 10.4. The largest absolute Gasteiger partial charge is 0.289 e. The monoisotopic (exact) mass is 322 g/mol. The Kier molecular flexibility index (Phi) is 4.20. The van der Waals surface area contributed by atoms with Crippen LogP contribution in [0.3, 0.4) is 0 Å². The van der Waals surface area contributed by atoms with Crippen LogP contribution in [0.5, 0.6) is 0 Å². The van der Waals surface area contributed by atoms with Crippen LogP contribution in [0, 0.1) is 0 Å². The SMILES string of the molecule is CCc1cccc(C(=O)c2cc(Cl)ccc2Br)c1. The lowest BCUT2D eigenvalue weighted by Gasteiger charge is -2.06. The minimum atomic E-state index is -0.0142. The van der Waals surface area contributed by atoms with Crippen LogP contribution in [-0.2, 0) is 6.42 Å². The molecule has 18 heavy (non-hydrogen) atoms. The molecule has 0 radical (unpaired) electrons. The predicted molar refractivity (Wildman–Crippen MR) is 78.4 cm³/mol. The molecule has 0 amide bonds. The molecule has 0 bridgehead atoms. The number of halogens is 2. The van der Waals surface area contributed by atoms with Crippen LogP contribution in [-0.4, -0.2) is 5.78 Å². The summed E-state index contributed by atoms with van der Waals surface area (Å²) in [6.07, 6.45) is 0.915. The van der Waals surface area contributed by atoms with Crippen molar-refractivity contribution in [2.24, 2.45) is 0 Å². The lowest BCUT2D eigenvalue weighted by atomic mass is 10.0. The molecule has 2 aromatic rings. The fourth-order valence-corrected chi connectivity index (χ4v) is 2.36. The van der Waals surface area contributed by atoms with Crippen molar-refractivity contribution in [2.75, 3.05) is 0 Å². The van der Waals surface area contributed by atoms with E-state index in [1.807, 2.05) is 24.3 Å². The van der Waals surface area contributed by atoms with Crippen LogP contribution < -0.4 is 0 Å². The lowest BCUT2D eigenvalue weighted by molar-refractivity contribution is 0.103. The molecule has 0 N–H and O–H groups in total. The van der Waals surface area contributed by atoms with E-state index in [0.717, 1.165) is 16.5 Å². The summed E-state index contributed by atoms with van der Waals surface area (Å²) in [5, 5.41) is 0.563. The van der Waals surface area contributed by atoms with Crippen molar-refractivity contribution >= 4 is 33.3 Å². The van der Waals surface area contributed by atoms with Crippen LogP contribution in [0.15, 0.2) is 46.9 Å². The van der Waals surface area contributed by atoms with Gasteiger partial charge in [-0.1, -0.05) is 52.7 Å². The fraction of sp³-hybridized carbons (Fsp3) is 0.133. The van der Waals surface area contributed by atoms with Crippen molar-refractivity contribution in [3.8, 4) is 0 Å². The van der Waals surface area contributed by atoms with E-state index in [1.54, 1.807) is 18.2 Å². The van der Waals surface area contributed by atoms with Crippen molar-refractivity contribution in [3.63, 3.8) is 0 Å². The van der Waals surface area contributed by atoms with E-state index in [0.29, 0.717) is 16.1 Å². The molecule has 2 rings (SSSR count). The zero-order valence-electron chi connectivity index (χ0n) is 9.91. The van der Waals surface area contributed by atoms with Crippen LogP contribution in [0.25, 0.3) is 0 Å². The molecular formula is C15H12BrClO. The first-order valence-electron chi connectivity index (χ1n) is 5.70. The average Bonchev–Trinajstić information content (AvgIpc) is 2.41. The molecule has 3 heteroatoms. The molecule has 0 aliphatic heterocycles. The molecule has 0 atom stereocenters. The van der Waals surface area contributed by atoms with Crippen molar-refractivity contribution in [1.82, 2.24) is 0 Å². The molecular weight excluding hydrogens is 312 g/mol. The number of rotatable bonds is 3. The summed E-state index contributed by atoms with van der Waals surface area (Å²) in [4.78, 5) is 12.4. The molecule has 1 nitrogen and oxygen atoms in total. The highest BCUT2D eigenvalue weighted by Gasteiger charge is 2.13. The van der Waals surface area contributed by atoms with E-state index in [-0.39, 0.29) is 5.78 Å². The maximum Gasteiger partial charge on any atom is 0.194 e. The predicted octanol–water partition coefficient (Wildman–Crippen LogP) is 4.90. The smallest absolute Gasteiger partial charge is 0.194 e. The number of hydrogen-bond acceptors (Lipinski definition) is 1. The Balaban J connectivity index is 2.44. The molecule has 0 aliphatic rings. The summed E-state index contributed by atoms with van der Waals surface area (Å²) >= 11 is 9.32. The Morgan fingerprint density at radius 2 is 2.00 bits per heavy atom. The Morgan fingerprint density at radius 1 is 1.22 bits per heavy atom. The van der Waals surface area contributed by atoms with E-state index >= 15 is 0 Å². The van der Waals surface area contributed by atoms with Crippen LogP contribution >= 0.6 is 27.5 Å². The van der Waals surface area contributed by atoms with Crippen molar-refractivity contribution in [1.29, 1.82) is 0 Å². The Morgan fingerprint density at radius 3 is 2.72 bits per heavy atom. The van der Waals surface area contributed by atoms with Crippen LogP contribution in [0.1, 0.15) is 28.4 Å². The fourth-order valence-electron chi connectivity index (χ4n) is 1.76. The van der Waals surface area contributed by atoms with Gasteiger partial charge in [0.15, 0.2) is 5.78 Å². The van der Waals surface area contributed by atoms with Gasteiger partial charge in [-0.15, -0.1) is 0 Å². The highest BCUT2D eigenvalue weighted by atomic mass is 79.9. The third-order valence-electron chi connectivity index (χ3n) is 2.77. The van der Waals surface area contributed by atoms with Gasteiger partial charge in [0.25, 0.3) is 0 Å². The number of benzene rings is 2. The molecule has 0 saturated heterocycles. The summed E-state index contributed by atoms with van der Waals surface area (Å²) in [7, 11) is 0. The molecule has 0 saturated carbocycles. The van der Waals surface area contributed by atoms with Crippen LogP contribution in [0.2, 0.25) is 5.02 Å². The standard InChI is InChI=1S/C15H12BrClO/c1-2-10-4-3-5-11(8-10)15(18)13-9-12(17)6-7-14(13)16/h3-9H,2H2,1H3. The second-order valence-corrected chi connectivity index (χ2v) is 5.30.